The second kappa shape index (κ2) is 6.18. The van der Waals surface area contributed by atoms with Gasteiger partial charge in [-0.05, 0) is 18.9 Å². The molecule has 21 heavy (non-hydrogen) atoms. The Labute approximate surface area is 129 Å². The zero-order chi connectivity index (χ0) is 15.6. The third kappa shape index (κ3) is 3.36. The Bertz CT molecular complexity index is 660. The molecule has 1 aromatic heterocycles. The van der Waals surface area contributed by atoms with Gasteiger partial charge in [0.15, 0.2) is 11.6 Å². The Morgan fingerprint density at radius 1 is 1.19 bits per heavy atom. The zero-order valence-electron chi connectivity index (χ0n) is 12.5. The molecule has 0 aliphatic carbocycles. The number of aromatic nitrogens is 2. The van der Waals surface area contributed by atoms with Crippen LogP contribution in [0.5, 0.6) is 17.2 Å². The van der Waals surface area contributed by atoms with Crippen molar-refractivity contribution >= 4 is 17.4 Å². The summed E-state index contributed by atoms with van der Waals surface area (Å²) in [4.78, 5) is 8.18. The Balaban J connectivity index is 2.45. The molecule has 0 bridgehead atoms. The largest absolute Gasteiger partial charge is 0.495 e. The van der Waals surface area contributed by atoms with Crippen molar-refractivity contribution in [1.82, 2.24) is 9.97 Å². The van der Waals surface area contributed by atoms with Crippen molar-refractivity contribution < 1.29 is 9.47 Å². The number of nitrogens with two attached hydrogens (primary N) is 1. The standard InChI is InChI=1S/C15H18ClN3O2/c1-8(2)10-5-13(20-4)11(16)6-12(10)21-14-7-18-9(3)19-15(14)17/h5-8H,1-4H3,(H2,17,18,19). The summed E-state index contributed by atoms with van der Waals surface area (Å²) in [5, 5.41) is 0.475. The van der Waals surface area contributed by atoms with E-state index in [0.29, 0.717) is 33.9 Å². The van der Waals surface area contributed by atoms with Crippen molar-refractivity contribution in [2.45, 2.75) is 26.7 Å². The molecule has 0 aliphatic rings. The van der Waals surface area contributed by atoms with E-state index in [4.69, 9.17) is 26.8 Å². The minimum atomic E-state index is 0.235. The molecule has 2 aromatic rings. The number of anilines is 1. The second-order valence-corrected chi connectivity index (χ2v) is 5.36. The highest BCUT2D eigenvalue weighted by Gasteiger charge is 2.15. The van der Waals surface area contributed by atoms with Gasteiger partial charge in [-0.2, -0.15) is 0 Å². The molecule has 1 heterocycles. The van der Waals surface area contributed by atoms with Crippen molar-refractivity contribution in [2.24, 2.45) is 0 Å². The normalized spacial score (nSPS) is 10.8. The third-order valence-electron chi connectivity index (χ3n) is 3.03. The Hall–Kier alpha value is -2.01. The van der Waals surface area contributed by atoms with Crippen molar-refractivity contribution in [2.75, 3.05) is 12.8 Å². The first kappa shape index (κ1) is 15.4. The molecule has 0 fully saturated rings. The van der Waals surface area contributed by atoms with Gasteiger partial charge in [0.05, 0.1) is 18.3 Å². The third-order valence-corrected chi connectivity index (χ3v) is 3.32. The SMILES string of the molecule is COc1cc(C(C)C)c(Oc2cnc(C)nc2N)cc1Cl. The van der Waals surface area contributed by atoms with E-state index in [9.17, 15) is 0 Å². The van der Waals surface area contributed by atoms with E-state index in [1.165, 1.54) is 0 Å². The molecule has 0 amide bonds. The predicted octanol–water partition coefficient (Wildman–Crippen LogP) is 3.94. The molecule has 112 valence electrons. The lowest BCUT2D eigenvalue weighted by Gasteiger charge is -2.16. The highest BCUT2D eigenvalue weighted by atomic mass is 35.5. The van der Waals surface area contributed by atoms with E-state index < -0.39 is 0 Å². The van der Waals surface area contributed by atoms with Gasteiger partial charge in [0.2, 0.25) is 0 Å². The summed E-state index contributed by atoms with van der Waals surface area (Å²) in [6, 6.07) is 3.59. The van der Waals surface area contributed by atoms with Crippen LogP contribution in [-0.4, -0.2) is 17.1 Å². The van der Waals surface area contributed by atoms with Crippen LogP contribution in [0.15, 0.2) is 18.3 Å². The fourth-order valence-corrected chi connectivity index (χ4v) is 2.15. The number of benzene rings is 1. The summed E-state index contributed by atoms with van der Waals surface area (Å²) in [6.45, 7) is 5.89. The monoisotopic (exact) mass is 307 g/mol. The quantitative estimate of drug-likeness (QED) is 0.926. The van der Waals surface area contributed by atoms with Crippen LogP contribution in [0.2, 0.25) is 5.02 Å². The van der Waals surface area contributed by atoms with Gasteiger partial charge in [0.1, 0.15) is 17.3 Å². The lowest BCUT2D eigenvalue weighted by atomic mass is 10.0. The van der Waals surface area contributed by atoms with Crippen LogP contribution in [0.3, 0.4) is 0 Å². The Morgan fingerprint density at radius 3 is 2.48 bits per heavy atom. The van der Waals surface area contributed by atoms with Crippen LogP contribution in [0.25, 0.3) is 0 Å². The smallest absolute Gasteiger partial charge is 0.187 e. The Morgan fingerprint density at radius 2 is 1.90 bits per heavy atom. The van der Waals surface area contributed by atoms with Crippen molar-refractivity contribution in [1.29, 1.82) is 0 Å². The number of nitrogens with zero attached hydrogens (tertiary/aromatic N) is 2. The predicted molar refractivity (Wildman–Crippen MR) is 83.3 cm³/mol. The van der Waals surface area contributed by atoms with Crippen LogP contribution in [-0.2, 0) is 0 Å². The average Bonchev–Trinajstić information content (AvgIpc) is 2.41. The number of aryl methyl sites for hydroxylation is 1. The van der Waals surface area contributed by atoms with Gasteiger partial charge in [-0.3, -0.25) is 0 Å². The molecular formula is C15H18ClN3O2. The molecule has 5 nitrogen and oxygen atoms in total. The molecule has 0 radical (unpaired) electrons. The first-order valence-corrected chi connectivity index (χ1v) is 6.94. The molecule has 6 heteroatoms. The molecule has 0 atom stereocenters. The summed E-state index contributed by atoms with van der Waals surface area (Å²) in [5.74, 6) is 2.76. The lowest BCUT2D eigenvalue weighted by molar-refractivity contribution is 0.411. The fraction of sp³-hybridized carbons (Fsp3) is 0.333. The maximum absolute atomic E-state index is 6.17. The summed E-state index contributed by atoms with van der Waals surface area (Å²) >= 11 is 6.17. The van der Waals surface area contributed by atoms with Crippen LogP contribution < -0.4 is 15.2 Å². The number of halogens is 1. The van der Waals surface area contributed by atoms with Crippen molar-refractivity contribution in [3.63, 3.8) is 0 Å². The zero-order valence-corrected chi connectivity index (χ0v) is 13.2. The molecule has 0 unspecified atom stereocenters. The number of rotatable bonds is 4. The van der Waals surface area contributed by atoms with Gasteiger partial charge < -0.3 is 15.2 Å². The fourth-order valence-electron chi connectivity index (χ4n) is 1.92. The number of methoxy groups -OCH3 is 1. The molecule has 2 rings (SSSR count). The second-order valence-electron chi connectivity index (χ2n) is 4.95. The molecular weight excluding hydrogens is 290 g/mol. The van der Waals surface area contributed by atoms with Crippen molar-refractivity contribution in [3.05, 3.63) is 34.7 Å². The maximum Gasteiger partial charge on any atom is 0.187 e. The molecule has 2 N–H and O–H groups in total. The molecule has 0 aliphatic heterocycles. The van der Waals surface area contributed by atoms with Crippen LogP contribution in [0, 0.1) is 6.92 Å². The van der Waals surface area contributed by atoms with E-state index in [2.05, 4.69) is 23.8 Å². The van der Waals surface area contributed by atoms with Crippen LogP contribution in [0.4, 0.5) is 5.82 Å². The summed E-state index contributed by atoms with van der Waals surface area (Å²) < 4.78 is 11.1. The number of hydrogen-bond acceptors (Lipinski definition) is 5. The van der Waals surface area contributed by atoms with E-state index in [0.717, 1.165) is 5.56 Å². The van der Waals surface area contributed by atoms with E-state index >= 15 is 0 Å². The van der Waals surface area contributed by atoms with Crippen molar-refractivity contribution in [3.8, 4) is 17.2 Å². The molecule has 0 spiro atoms. The van der Waals surface area contributed by atoms with Gasteiger partial charge in [0.25, 0.3) is 0 Å². The first-order chi connectivity index (χ1) is 9.92. The maximum atomic E-state index is 6.17. The lowest BCUT2D eigenvalue weighted by Crippen LogP contribution is -2.01. The average molecular weight is 308 g/mol. The number of ether oxygens (including phenoxy) is 2. The van der Waals surface area contributed by atoms with Gasteiger partial charge in [0, 0.05) is 11.6 Å². The van der Waals surface area contributed by atoms with Crippen LogP contribution in [0.1, 0.15) is 31.2 Å². The van der Waals surface area contributed by atoms with Gasteiger partial charge in [-0.25, -0.2) is 9.97 Å². The number of nitrogen functional groups attached to an aromatic ring is 1. The molecule has 0 saturated heterocycles. The summed E-state index contributed by atoms with van der Waals surface area (Å²) in [5.41, 5.74) is 6.82. The number of hydrogen-bond donors (Lipinski definition) is 1. The highest BCUT2D eigenvalue weighted by molar-refractivity contribution is 6.32. The van der Waals surface area contributed by atoms with E-state index in [1.54, 1.807) is 26.3 Å². The van der Waals surface area contributed by atoms with Gasteiger partial charge in [-0.1, -0.05) is 25.4 Å². The molecule has 0 saturated carbocycles. The van der Waals surface area contributed by atoms with Crippen LogP contribution >= 0.6 is 11.6 Å². The Kier molecular flexibility index (Phi) is 4.53. The topological polar surface area (TPSA) is 70.3 Å². The van der Waals surface area contributed by atoms with Gasteiger partial charge in [-0.15, -0.1) is 0 Å². The van der Waals surface area contributed by atoms with E-state index in [1.807, 2.05) is 6.07 Å². The first-order valence-electron chi connectivity index (χ1n) is 6.56. The van der Waals surface area contributed by atoms with Gasteiger partial charge >= 0.3 is 0 Å². The molecule has 1 aromatic carbocycles. The minimum absolute atomic E-state index is 0.235. The minimum Gasteiger partial charge on any atom is -0.495 e. The summed E-state index contributed by atoms with van der Waals surface area (Å²) in [6.07, 6.45) is 1.56. The highest BCUT2D eigenvalue weighted by Crippen LogP contribution is 2.39. The summed E-state index contributed by atoms with van der Waals surface area (Å²) in [7, 11) is 1.58. The van der Waals surface area contributed by atoms with E-state index in [-0.39, 0.29) is 5.92 Å².